The first-order valence-electron chi connectivity index (χ1n) is 5.43. The van der Waals surface area contributed by atoms with E-state index in [4.69, 9.17) is 5.11 Å². The van der Waals surface area contributed by atoms with E-state index in [1.165, 1.54) is 0 Å². The molecule has 0 radical (unpaired) electrons. The van der Waals surface area contributed by atoms with Crippen LogP contribution in [0.15, 0.2) is 6.20 Å². The Morgan fingerprint density at radius 1 is 1.56 bits per heavy atom. The predicted octanol–water partition coefficient (Wildman–Crippen LogP) is 0.857. The topological polar surface area (TPSA) is 113 Å². The van der Waals surface area contributed by atoms with Gasteiger partial charge in [-0.2, -0.15) is 4.98 Å². The van der Waals surface area contributed by atoms with Crippen molar-refractivity contribution in [3.8, 4) is 0 Å². The molecule has 18 heavy (non-hydrogen) atoms. The Morgan fingerprint density at radius 2 is 2.22 bits per heavy atom. The van der Waals surface area contributed by atoms with Gasteiger partial charge >= 0.3 is 5.69 Å². The maximum absolute atomic E-state index is 10.8. The van der Waals surface area contributed by atoms with Crippen LogP contribution in [0.3, 0.4) is 0 Å². The largest absolute Gasteiger partial charge is 0.396 e. The second-order valence-corrected chi connectivity index (χ2v) is 4.61. The van der Waals surface area contributed by atoms with Gasteiger partial charge in [-0.15, -0.1) is 0 Å². The minimum absolute atomic E-state index is 0.0300. The van der Waals surface area contributed by atoms with Gasteiger partial charge in [0.1, 0.15) is 6.20 Å². The van der Waals surface area contributed by atoms with E-state index in [1.807, 2.05) is 13.8 Å². The molecule has 0 unspecified atom stereocenters. The van der Waals surface area contributed by atoms with Gasteiger partial charge in [0.15, 0.2) is 0 Å². The van der Waals surface area contributed by atoms with Gasteiger partial charge in [-0.25, -0.2) is 4.98 Å². The smallest absolute Gasteiger partial charge is 0.329 e. The lowest BCUT2D eigenvalue weighted by molar-refractivity contribution is -0.384. The summed E-state index contributed by atoms with van der Waals surface area (Å²) in [7, 11) is 1.63. The highest BCUT2D eigenvalue weighted by Crippen LogP contribution is 2.23. The fourth-order valence-electron chi connectivity index (χ4n) is 1.14. The summed E-state index contributed by atoms with van der Waals surface area (Å²) in [5.74, 6) is 0.436. The summed E-state index contributed by atoms with van der Waals surface area (Å²) >= 11 is 0. The van der Waals surface area contributed by atoms with Gasteiger partial charge in [-0.1, -0.05) is 13.8 Å². The van der Waals surface area contributed by atoms with Gasteiger partial charge in [0, 0.05) is 25.6 Å². The maximum Gasteiger partial charge on any atom is 0.329 e. The number of nitro groups is 1. The lowest BCUT2D eigenvalue weighted by Crippen LogP contribution is -2.27. The summed E-state index contributed by atoms with van der Waals surface area (Å²) in [5, 5.41) is 25.5. The second-order valence-electron chi connectivity index (χ2n) is 4.61. The van der Waals surface area contributed by atoms with Crippen LogP contribution in [0.25, 0.3) is 0 Å². The average Bonchev–Trinajstić information content (AvgIpc) is 2.36. The third-order valence-corrected chi connectivity index (χ3v) is 2.35. The highest BCUT2D eigenvalue weighted by Gasteiger charge is 2.21. The lowest BCUT2D eigenvalue weighted by Gasteiger charge is -2.22. The number of nitrogens with one attached hydrogen (secondary N) is 2. The van der Waals surface area contributed by atoms with Gasteiger partial charge in [0.05, 0.1) is 4.92 Å². The number of aliphatic hydroxyl groups is 1. The summed E-state index contributed by atoms with van der Waals surface area (Å²) in [6.07, 6.45) is 1.15. The van der Waals surface area contributed by atoms with Crippen LogP contribution in [0.4, 0.5) is 17.5 Å². The van der Waals surface area contributed by atoms with Gasteiger partial charge in [0.2, 0.25) is 11.8 Å². The number of aliphatic hydroxyl groups excluding tert-OH is 1. The van der Waals surface area contributed by atoms with Gasteiger partial charge in [-0.3, -0.25) is 10.1 Å². The summed E-state index contributed by atoms with van der Waals surface area (Å²) in [5.41, 5.74) is -0.582. The van der Waals surface area contributed by atoms with Gasteiger partial charge in [0.25, 0.3) is 0 Å². The molecule has 0 aliphatic carbocycles. The predicted molar refractivity (Wildman–Crippen MR) is 67.6 cm³/mol. The van der Waals surface area contributed by atoms with Crippen molar-refractivity contribution >= 4 is 17.5 Å². The molecule has 0 amide bonds. The van der Waals surface area contributed by atoms with E-state index in [9.17, 15) is 10.1 Å². The van der Waals surface area contributed by atoms with Crippen LogP contribution < -0.4 is 10.6 Å². The van der Waals surface area contributed by atoms with Gasteiger partial charge < -0.3 is 15.7 Å². The van der Waals surface area contributed by atoms with Crippen molar-refractivity contribution in [1.82, 2.24) is 9.97 Å². The Kier molecular flexibility index (Phi) is 4.38. The molecule has 0 aliphatic rings. The Bertz CT molecular complexity index is 436. The molecule has 0 saturated carbocycles. The molecule has 0 bridgehead atoms. The summed E-state index contributed by atoms with van der Waals surface area (Å²) in [4.78, 5) is 18.1. The van der Waals surface area contributed by atoms with E-state index < -0.39 is 10.3 Å². The van der Waals surface area contributed by atoms with Crippen LogP contribution in [-0.4, -0.2) is 40.2 Å². The molecule has 1 aromatic heterocycles. The lowest BCUT2D eigenvalue weighted by atomic mass is 9.95. The van der Waals surface area contributed by atoms with E-state index in [-0.39, 0.29) is 18.1 Å². The van der Waals surface area contributed by atoms with Crippen LogP contribution in [0, 0.1) is 15.5 Å². The number of aromatic nitrogens is 2. The first-order chi connectivity index (χ1) is 8.39. The quantitative estimate of drug-likeness (QED) is 0.510. The summed E-state index contributed by atoms with van der Waals surface area (Å²) in [6, 6.07) is 0. The molecule has 0 fully saturated rings. The highest BCUT2D eigenvalue weighted by molar-refractivity contribution is 5.56. The second kappa shape index (κ2) is 5.58. The molecule has 0 spiro atoms. The van der Waals surface area contributed by atoms with E-state index in [0.29, 0.717) is 12.5 Å². The summed E-state index contributed by atoms with van der Waals surface area (Å²) in [6.45, 7) is 4.01. The first kappa shape index (κ1) is 14.1. The molecule has 100 valence electrons. The fourth-order valence-corrected chi connectivity index (χ4v) is 1.14. The molecule has 1 aromatic rings. The van der Waals surface area contributed by atoms with E-state index in [0.717, 1.165) is 6.20 Å². The van der Waals surface area contributed by atoms with E-state index in [1.54, 1.807) is 7.05 Å². The molecule has 8 nitrogen and oxygen atoms in total. The van der Waals surface area contributed by atoms with Crippen LogP contribution in [0.5, 0.6) is 0 Å². The zero-order chi connectivity index (χ0) is 13.8. The van der Waals surface area contributed by atoms with Crippen LogP contribution in [0.2, 0.25) is 0 Å². The standard InChI is InChI=1S/C10H17N5O3/c1-10(2,6-16)5-13-8-7(15(17)18)4-12-9(11-3)14-8/h4,16H,5-6H2,1-3H3,(H2,11,12,13,14). The van der Waals surface area contributed by atoms with Crippen molar-refractivity contribution in [2.75, 3.05) is 30.8 Å². The molecular formula is C10H17N5O3. The molecular weight excluding hydrogens is 238 g/mol. The molecule has 8 heteroatoms. The van der Waals surface area contributed by atoms with Crippen LogP contribution in [-0.2, 0) is 0 Å². The Morgan fingerprint density at radius 3 is 2.72 bits per heavy atom. The normalized spacial score (nSPS) is 11.1. The van der Waals surface area contributed by atoms with Crippen molar-refractivity contribution in [2.45, 2.75) is 13.8 Å². The highest BCUT2D eigenvalue weighted by atomic mass is 16.6. The number of anilines is 2. The first-order valence-corrected chi connectivity index (χ1v) is 5.43. The molecule has 1 heterocycles. The number of hydrogen-bond donors (Lipinski definition) is 3. The fraction of sp³-hybridized carbons (Fsp3) is 0.600. The molecule has 3 N–H and O–H groups in total. The molecule has 0 atom stereocenters. The monoisotopic (exact) mass is 255 g/mol. The zero-order valence-electron chi connectivity index (χ0n) is 10.6. The minimum Gasteiger partial charge on any atom is -0.396 e. The average molecular weight is 255 g/mol. The number of hydrogen-bond acceptors (Lipinski definition) is 7. The minimum atomic E-state index is -0.548. The van der Waals surface area contributed by atoms with E-state index >= 15 is 0 Å². The van der Waals surface area contributed by atoms with Crippen molar-refractivity contribution < 1.29 is 10.0 Å². The van der Waals surface area contributed by atoms with Gasteiger partial charge in [-0.05, 0) is 0 Å². The Balaban J connectivity index is 2.94. The molecule has 1 rings (SSSR count). The van der Waals surface area contributed by atoms with Crippen LogP contribution in [0.1, 0.15) is 13.8 Å². The molecule has 0 saturated heterocycles. The van der Waals surface area contributed by atoms with Crippen molar-refractivity contribution in [1.29, 1.82) is 0 Å². The summed E-state index contributed by atoms with van der Waals surface area (Å²) < 4.78 is 0. The number of rotatable bonds is 6. The third kappa shape index (κ3) is 3.52. The SMILES string of the molecule is CNc1ncc([N+](=O)[O-])c(NCC(C)(C)CO)n1. The van der Waals surface area contributed by atoms with E-state index in [2.05, 4.69) is 20.6 Å². The molecule has 0 aliphatic heterocycles. The van der Waals surface area contributed by atoms with Crippen molar-refractivity contribution in [3.63, 3.8) is 0 Å². The van der Waals surface area contributed by atoms with Crippen molar-refractivity contribution in [2.24, 2.45) is 5.41 Å². The Labute approximate surface area is 105 Å². The number of nitrogens with zero attached hydrogens (tertiary/aromatic N) is 3. The van der Waals surface area contributed by atoms with Crippen LogP contribution >= 0.6 is 0 Å². The Hall–Kier alpha value is -1.96. The third-order valence-electron chi connectivity index (χ3n) is 2.35. The zero-order valence-corrected chi connectivity index (χ0v) is 10.6. The van der Waals surface area contributed by atoms with Crippen molar-refractivity contribution in [3.05, 3.63) is 16.3 Å². The molecule has 0 aromatic carbocycles. The maximum atomic E-state index is 10.8.